The molecule has 1 N–H and O–H groups in total. The molecular formula is C15H21ClN2O3S. The molecule has 2 atom stereocenters. The van der Waals surface area contributed by atoms with Crippen molar-refractivity contribution in [2.75, 3.05) is 31.3 Å². The molecule has 122 valence electrons. The molecule has 1 aromatic rings. The summed E-state index contributed by atoms with van der Waals surface area (Å²) in [6, 6.07) is 7.58. The molecule has 2 aliphatic heterocycles. The third-order valence-corrected chi connectivity index (χ3v) is 4.64. The number of hydrogen-bond acceptors (Lipinski definition) is 5. The molecule has 2 aliphatic rings. The fourth-order valence-electron chi connectivity index (χ4n) is 2.55. The first-order valence-electron chi connectivity index (χ1n) is 7.26. The number of para-hydroxylation sites is 2. The summed E-state index contributed by atoms with van der Waals surface area (Å²) in [5, 5.41) is 3.22. The van der Waals surface area contributed by atoms with Gasteiger partial charge in [0.2, 0.25) is 5.91 Å². The summed E-state index contributed by atoms with van der Waals surface area (Å²) in [5.41, 5.74) is 0. The predicted octanol–water partition coefficient (Wildman–Crippen LogP) is 1.76. The van der Waals surface area contributed by atoms with Gasteiger partial charge in [0.05, 0.1) is 12.6 Å². The Hall–Kier alpha value is -1.11. The fourth-order valence-corrected chi connectivity index (χ4v) is 3.48. The Bertz CT molecular complexity index is 511. The van der Waals surface area contributed by atoms with Crippen molar-refractivity contribution in [1.29, 1.82) is 0 Å². The Morgan fingerprint density at radius 3 is 2.86 bits per heavy atom. The Kier molecular flexibility index (Phi) is 6.23. The maximum atomic E-state index is 12.4. The number of carbonyl (C=O) groups excluding carboxylic acids is 1. The molecule has 2 heterocycles. The minimum Gasteiger partial charge on any atom is -0.486 e. The van der Waals surface area contributed by atoms with Gasteiger partial charge in [-0.25, -0.2) is 0 Å². The van der Waals surface area contributed by atoms with E-state index in [-0.39, 0.29) is 30.5 Å². The number of fused-ring (bicyclic) bond motifs is 1. The molecule has 5 nitrogen and oxygen atoms in total. The molecule has 1 fully saturated rings. The fraction of sp³-hybridized carbons (Fsp3) is 0.533. The van der Waals surface area contributed by atoms with Crippen molar-refractivity contribution in [3.8, 4) is 11.5 Å². The smallest absolute Gasteiger partial charge is 0.240 e. The summed E-state index contributed by atoms with van der Waals surface area (Å²) in [4.78, 5) is 14.3. The van der Waals surface area contributed by atoms with Crippen molar-refractivity contribution in [1.82, 2.24) is 10.2 Å². The Balaban J connectivity index is 0.00000176. The third kappa shape index (κ3) is 3.80. The van der Waals surface area contributed by atoms with Gasteiger partial charge in [-0.3, -0.25) is 10.1 Å². The number of ether oxygens (including phenoxy) is 2. The number of rotatable bonds is 4. The van der Waals surface area contributed by atoms with Crippen LogP contribution in [0.25, 0.3) is 0 Å². The van der Waals surface area contributed by atoms with Crippen LogP contribution in [0, 0.1) is 0 Å². The second-order valence-electron chi connectivity index (χ2n) is 5.15. The lowest BCUT2D eigenvalue weighted by molar-refractivity contribution is -0.134. The van der Waals surface area contributed by atoms with E-state index in [9.17, 15) is 4.79 Å². The molecule has 0 aromatic heterocycles. The zero-order valence-corrected chi connectivity index (χ0v) is 14.1. The van der Waals surface area contributed by atoms with Crippen LogP contribution in [0.2, 0.25) is 0 Å². The summed E-state index contributed by atoms with van der Waals surface area (Å²) in [6.45, 7) is 3.72. The van der Waals surface area contributed by atoms with Gasteiger partial charge in [0.25, 0.3) is 0 Å². The molecule has 7 heteroatoms. The van der Waals surface area contributed by atoms with Gasteiger partial charge in [-0.05, 0) is 19.1 Å². The van der Waals surface area contributed by atoms with Gasteiger partial charge in [0.1, 0.15) is 6.61 Å². The van der Waals surface area contributed by atoms with Crippen molar-refractivity contribution >= 4 is 30.1 Å². The van der Waals surface area contributed by atoms with Crippen molar-refractivity contribution in [2.24, 2.45) is 0 Å². The number of nitrogens with one attached hydrogen (secondary N) is 1. The van der Waals surface area contributed by atoms with Crippen molar-refractivity contribution < 1.29 is 14.3 Å². The minimum atomic E-state index is -0.113. The second kappa shape index (κ2) is 7.94. The van der Waals surface area contributed by atoms with Crippen LogP contribution in [-0.4, -0.2) is 54.3 Å². The van der Waals surface area contributed by atoms with Crippen LogP contribution in [0.3, 0.4) is 0 Å². The number of thioether (sulfide) groups is 1. The standard InChI is InChI=1S/C15H20N2O3S.ClH/c1-2-17(15(18)12-9-21-10-16-12)7-11-8-19-13-5-3-4-6-14(13)20-11;/h3-6,11-12,16H,2,7-10H2,1H3;1H. The highest BCUT2D eigenvalue weighted by atomic mass is 35.5. The predicted molar refractivity (Wildman–Crippen MR) is 90.1 cm³/mol. The van der Waals surface area contributed by atoms with Gasteiger partial charge in [0.15, 0.2) is 17.6 Å². The van der Waals surface area contributed by atoms with E-state index in [0.29, 0.717) is 19.7 Å². The van der Waals surface area contributed by atoms with Gasteiger partial charge in [-0.2, -0.15) is 0 Å². The highest BCUT2D eigenvalue weighted by molar-refractivity contribution is 7.99. The number of benzene rings is 1. The molecule has 0 bridgehead atoms. The molecule has 0 radical (unpaired) electrons. The van der Waals surface area contributed by atoms with E-state index >= 15 is 0 Å². The van der Waals surface area contributed by atoms with E-state index in [1.807, 2.05) is 36.1 Å². The largest absolute Gasteiger partial charge is 0.486 e. The van der Waals surface area contributed by atoms with Crippen molar-refractivity contribution in [3.63, 3.8) is 0 Å². The number of hydrogen-bond donors (Lipinski definition) is 1. The van der Waals surface area contributed by atoms with Crippen LogP contribution in [0.1, 0.15) is 6.92 Å². The topological polar surface area (TPSA) is 50.8 Å². The van der Waals surface area contributed by atoms with Gasteiger partial charge in [-0.15, -0.1) is 24.2 Å². The third-order valence-electron chi connectivity index (χ3n) is 3.70. The average Bonchev–Trinajstić information content (AvgIpc) is 3.06. The quantitative estimate of drug-likeness (QED) is 0.902. The van der Waals surface area contributed by atoms with Crippen LogP contribution in [0.5, 0.6) is 11.5 Å². The molecule has 22 heavy (non-hydrogen) atoms. The first-order valence-corrected chi connectivity index (χ1v) is 8.41. The van der Waals surface area contributed by atoms with E-state index < -0.39 is 0 Å². The highest BCUT2D eigenvalue weighted by Crippen LogP contribution is 2.31. The molecular weight excluding hydrogens is 324 g/mol. The normalized spacial score (nSPS) is 22.8. The summed E-state index contributed by atoms with van der Waals surface area (Å²) in [5.74, 6) is 3.39. The van der Waals surface area contributed by atoms with Crippen LogP contribution < -0.4 is 14.8 Å². The van der Waals surface area contributed by atoms with Crippen LogP contribution in [0.15, 0.2) is 24.3 Å². The summed E-state index contributed by atoms with van der Waals surface area (Å²) in [7, 11) is 0. The maximum Gasteiger partial charge on any atom is 0.240 e. The minimum absolute atomic E-state index is 0. The first-order chi connectivity index (χ1) is 10.3. The van der Waals surface area contributed by atoms with Crippen LogP contribution in [-0.2, 0) is 4.79 Å². The molecule has 1 saturated heterocycles. The lowest BCUT2D eigenvalue weighted by atomic mass is 10.2. The van der Waals surface area contributed by atoms with Crippen molar-refractivity contribution in [3.05, 3.63) is 24.3 Å². The van der Waals surface area contributed by atoms with Gasteiger partial charge in [0, 0.05) is 18.2 Å². The number of nitrogens with zero attached hydrogens (tertiary/aromatic N) is 1. The molecule has 0 spiro atoms. The lowest BCUT2D eigenvalue weighted by Gasteiger charge is -2.31. The Morgan fingerprint density at radius 2 is 2.18 bits per heavy atom. The molecule has 3 rings (SSSR count). The van der Waals surface area contributed by atoms with Crippen molar-refractivity contribution in [2.45, 2.75) is 19.1 Å². The van der Waals surface area contributed by atoms with Gasteiger partial charge >= 0.3 is 0 Å². The zero-order chi connectivity index (χ0) is 14.7. The SMILES string of the molecule is CCN(CC1COc2ccccc2O1)C(=O)C1CSCN1.Cl. The highest BCUT2D eigenvalue weighted by Gasteiger charge is 2.30. The maximum absolute atomic E-state index is 12.4. The number of halogens is 1. The van der Waals surface area contributed by atoms with Crippen LogP contribution >= 0.6 is 24.2 Å². The Morgan fingerprint density at radius 1 is 1.41 bits per heavy atom. The van der Waals surface area contributed by atoms with Gasteiger partial charge in [-0.1, -0.05) is 12.1 Å². The van der Waals surface area contributed by atoms with E-state index in [1.54, 1.807) is 11.8 Å². The van der Waals surface area contributed by atoms with E-state index in [4.69, 9.17) is 9.47 Å². The Labute approximate surface area is 141 Å². The number of carbonyl (C=O) groups is 1. The summed E-state index contributed by atoms with van der Waals surface area (Å²) in [6.07, 6.45) is -0.113. The van der Waals surface area contributed by atoms with Crippen LogP contribution in [0.4, 0.5) is 0 Å². The summed E-state index contributed by atoms with van der Waals surface area (Å²) >= 11 is 1.76. The monoisotopic (exact) mass is 344 g/mol. The number of likely N-dealkylation sites (N-methyl/N-ethyl adjacent to an activating group) is 1. The first kappa shape index (κ1) is 17.2. The van der Waals surface area contributed by atoms with Gasteiger partial charge < -0.3 is 14.4 Å². The molecule has 0 saturated carbocycles. The van der Waals surface area contributed by atoms with E-state index in [2.05, 4.69) is 5.32 Å². The summed E-state index contributed by atoms with van der Waals surface area (Å²) < 4.78 is 11.6. The zero-order valence-electron chi connectivity index (χ0n) is 12.5. The molecule has 1 amide bonds. The average molecular weight is 345 g/mol. The molecule has 0 aliphatic carbocycles. The molecule has 2 unspecified atom stereocenters. The van der Waals surface area contributed by atoms with E-state index in [1.165, 1.54) is 0 Å². The number of amides is 1. The second-order valence-corrected chi connectivity index (χ2v) is 6.18. The van der Waals surface area contributed by atoms with E-state index in [0.717, 1.165) is 23.1 Å². The lowest BCUT2D eigenvalue weighted by Crippen LogP contribution is -2.49. The molecule has 1 aromatic carbocycles.